The molecule has 4 rings (SSSR count). The lowest BCUT2D eigenvalue weighted by molar-refractivity contribution is 0.0700. The van der Waals surface area contributed by atoms with Gasteiger partial charge in [0.15, 0.2) is 0 Å². The van der Waals surface area contributed by atoms with Crippen molar-refractivity contribution in [2.75, 3.05) is 6.54 Å². The normalized spacial score (nSPS) is 15.0. The number of pyridine rings is 2. The van der Waals surface area contributed by atoms with Crippen molar-refractivity contribution in [3.05, 3.63) is 72.2 Å². The van der Waals surface area contributed by atoms with Gasteiger partial charge in [0.25, 0.3) is 5.91 Å². The van der Waals surface area contributed by atoms with Crippen LogP contribution in [-0.2, 0) is 6.54 Å². The largest absolute Gasteiger partial charge is 0.334 e. The first-order chi connectivity index (χ1) is 13.3. The molecule has 0 unspecified atom stereocenters. The van der Waals surface area contributed by atoms with Gasteiger partial charge in [0.2, 0.25) is 0 Å². The Kier molecular flexibility index (Phi) is 5.42. The fourth-order valence-corrected chi connectivity index (χ4v) is 4.06. The van der Waals surface area contributed by atoms with Crippen LogP contribution in [0, 0.1) is 5.92 Å². The predicted octanol–water partition coefficient (Wildman–Crippen LogP) is 4.85. The molecule has 1 aromatic carbocycles. The minimum Gasteiger partial charge on any atom is -0.334 e. The number of hydrogen-bond donors (Lipinski definition) is 0. The Morgan fingerprint density at radius 3 is 2.63 bits per heavy atom. The summed E-state index contributed by atoms with van der Waals surface area (Å²) in [5, 5.41) is 1.00. The van der Waals surface area contributed by atoms with E-state index in [2.05, 4.69) is 9.97 Å². The summed E-state index contributed by atoms with van der Waals surface area (Å²) in [5.41, 5.74) is 2.53. The lowest BCUT2D eigenvalue weighted by Crippen LogP contribution is -2.35. The molecule has 2 heterocycles. The number of rotatable bonds is 5. The number of nitrogens with zero attached hydrogens (tertiary/aromatic N) is 3. The molecule has 27 heavy (non-hydrogen) atoms. The summed E-state index contributed by atoms with van der Waals surface area (Å²) in [6, 6.07) is 13.7. The number of para-hydroxylation sites is 1. The van der Waals surface area contributed by atoms with Crippen molar-refractivity contribution in [1.29, 1.82) is 0 Å². The highest BCUT2D eigenvalue weighted by atomic mass is 16.2. The summed E-state index contributed by atoms with van der Waals surface area (Å²) < 4.78 is 0. The molecule has 1 aliphatic carbocycles. The highest BCUT2D eigenvalue weighted by molar-refractivity contribution is 6.05. The van der Waals surface area contributed by atoms with Gasteiger partial charge in [-0.2, -0.15) is 0 Å². The smallest absolute Gasteiger partial charge is 0.256 e. The number of carbonyl (C=O) groups is 1. The van der Waals surface area contributed by atoms with Crippen molar-refractivity contribution in [3.8, 4) is 0 Å². The molecule has 4 nitrogen and oxygen atoms in total. The highest BCUT2D eigenvalue weighted by Crippen LogP contribution is 2.26. The topological polar surface area (TPSA) is 46.1 Å². The zero-order valence-electron chi connectivity index (χ0n) is 15.6. The van der Waals surface area contributed by atoms with Gasteiger partial charge in [-0.3, -0.25) is 14.8 Å². The minimum absolute atomic E-state index is 0.0636. The second-order valence-corrected chi connectivity index (χ2v) is 7.43. The molecule has 0 atom stereocenters. The Morgan fingerprint density at radius 1 is 1.00 bits per heavy atom. The van der Waals surface area contributed by atoms with Crippen LogP contribution in [0.25, 0.3) is 10.9 Å². The number of benzene rings is 1. The van der Waals surface area contributed by atoms with E-state index < -0.39 is 0 Å². The van der Waals surface area contributed by atoms with Gasteiger partial charge in [-0.25, -0.2) is 0 Å². The van der Waals surface area contributed by atoms with E-state index in [1.165, 1.54) is 32.1 Å². The van der Waals surface area contributed by atoms with E-state index >= 15 is 0 Å². The summed E-state index contributed by atoms with van der Waals surface area (Å²) in [5.74, 6) is 0.649. The third-order valence-corrected chi connectivity index (χ3v) is 5.45. The first kappa shape index (κ1) is 17.7. The van der Waals surface area contributed by atoms with E-state index in [-0.39, 0.29) is 5.91 Å². The van der Waals surface area contributed by atoms with Crippen LogP contribution in [0.5, 0.6) is 0 Å². The van der Waals surface area contributed by atoms with E-state index in [1.54, 1.807) is 12.4 Å². The van der Waals surface area contributed by atoms with Crippen molar-refractivity contribution >= 4 is 16.8 Å². The molecule has 0 N–H and O–H groups in total. The van der Waals surface area contributed by atoms with Crippen molar-refractivity contribution in [2.45, 2.75) is 38.6 Å². The molecule has 138 valence electrons. The second-order valence-electron chi connectivity index (χ2n) is 7.43. The van der Waals surface area contributed by atoms with E-state index in [9.17, 15) is 4.79 Å². The van der Waals surface area contributed by atoms with E-state index in [1.807, 2.05) is 53.6 Å². The first-order valence-electron chi connectivity index (χ1n) is 9.83. The van der Waals surface area contributed by atoms with Crippen molar-refractivity contribution in [2.24, 2.45) is 5.92 Å². The monoisotopic (exact) mass is 359 g/mol. The number of aromatic nitrogens is 2. The molecule has 1 amide bonds. The number of hydrogen-bond acceptors (Lipinski definition) is 3. The number of carbonyl (C=O) groups excluding carboxylic acids is 1. The molecule has 0 saturated heterocycles. The molecule has 1 aliphatic rings. The van der Waals surface area contributed by atoms with Crippen LogP contribution >= 0.6 is 0 Å². The van der Waals surface area contributed by atoms with Crippen LogP contribution in [0.4, 0.5) is 0 Å². The van der Waals surface area contributed by atoms with Crippen LogP contribution in [0.3, 0.4) is 0 Å². The average molecular weight is 359 g/mol. The Balaban J connectivity index is 1.64. The summed E-state index contributed by atoms with van der Waals surface area (Å²) in [6.45, 7) is 1.39. The van der Waals surface area contributed by atoms with Gasteiger partial charge in [0, 0.05) is 37.1 Å². The summed E-state index contributed by atoms with van der Waals surface area (Å²) in [7, 11) is 0. The van der Waals surface area contributed by atoms with Gasteiger partial charge in [0.1, 0.15) is 0 Å². The maximum Gasteiger partial charge on any atom is 0.256 e. The fraction of sp³-hybridized carbons (Fsp3) is 0.348. The number of fused-ring (bicyclic) bond motifs is 1. The van der Waals surface area contributed by atoms with Gasteiger partial charge in [0.05, 0.1) is 11.1 Å². The lowest BCUT2D eigenvalue weighted by Gasteiger charge is -2.30. The second kappa shape index (κ2) is 8.30. The van der Waals surface area contributed by atoms with Crippen LogP contribution < -0.4 is 0 Å². The molecule has 0 radical (unpaired) electrons. The Labute approximate surface area is 160 Å². The Hall–Kier alpha value is -2.75. The Morgan fingerprint density at radius 2 is 1.81 bits per heavy atom. The van der Waals surface area contributed by atoms with Gasteiger partial charge >= 0.3 is 0 Å². The summed E-state index contributed by atoms with van der Waals surface area (Å²) in [6.07, 6.45) is 11.7. The maximum absolute atomic E-state index is 13.5. The molecule has 3 aromatic rings. The predicted molar refractivity (Wildman–Crippen MR) is 107 cm³/mol. The van der Waals surface area contributed by atoms with E-state index in [4.69, 9.17) is 0 Å². The van der Waals surface area contributed by atoms with Gasteiger partial charge in [-0.1, -0.05) is 43.5 Å². The number of amides is 1. The van der Waals surface area contributed by atoms with E-state index in [0.29, 0.717) is 18.0 Å². The molecule has 0 spiro atoms. The van der Waals surface area contributed by atoms with Crippen LogP contribution in [0.2, 0.25) is 0 Å². The molecular formula is C23H25N3O. The Bertz CT molecular complexity index is 898. The van der Waals surface area contributed by atoms with E-state index in [0.717, 1.165) is 23.0 Å². The average Bonchev–Trinajstić information content (AvgIpc) is 2.74. The van der Waals surface area contributed by atoms with Crippen LogP contribution in [-0.4, -0.2) is 27.3 Å². The van der Waals surface area contributed by atoms with Crippen molar-refractivity contribution in [3.63, 3.8) is 0 Å². The molecular weight excluding hydrogens is 334 g/mol. The highest BCUT2D eigenvalue weighted by Gasteiger charge is 2.23. The standard InChI is InChI=1S/C23H25N3O/c27-23(21-12-4-10-20-11-6-14-25-22(20)21)26(16-18-7-2-1-3-8-18)17-19-9-5-13-24-15-19/h4-6,9-15,18H,1-3,7-8,16-17H2. The molecule has 1 saturated carbocycles. The molecule has 0 aliphatic heterocycles. The first-order valence-corrected chi connectivity index (χ1v) is 9.83. The lowest BCUT2D eigenvalue weighted by atomic mass is 9.88. The SMILES string of the molecule is O=C(c1cccc2cccnc12)N(Cc1cccnc1)CC1CCCCC1. The molecule has 2 aromatic heterocycles. The minimum atomic E-state index is 0.0636. The summed E-state index contributed by atoms with van der Waals surface area (Å²) in [4.78, 5) is 24.2. The zero-order valence-corrected chi connectivity index (χ0v) is 15.6. The van der Waals surface area contributed by atoms with Gasteiger partial charge < -0.3 is 4.90 Å². The molecule has 0 bridgehead atoms. The fourth-order valence-electron chi connectivity index (χ4n) is 4.06. The summed E-state index contributed by atoms with van der Waals surface area (Å²) >= 11 is 0. The third kappa shape index (κ3) is 4.16. The van der Waals surface area contributed by atoms with Gasteiger partial charge in [-0.05, 0) is 42.5 Å². The van der Waals surface area contributed by atoms with Gasteiger partial charge in [-0.15, -0.1) is 0 Å². The van der Waals surface area contributed by atoms with Crippen LogP contribution in [0.1, 0.15) is 48.0 Å². The molecule has 4 heteroatoms. The zero-order chi connectivity index (χ0) is 18.5. The van der Waals surface area contributed by atoms with Crippen molar-refractivity contribution in [1.82, 2.24) is 14.9 Å². The molecule has 1 fully saturated rings. The maximum atomic E-state index is 13.5. The third-order valence-electron chi connectivity index (χ3n) is 5.45. The van der Waals surface area contributed by atoms with Crippen LogP contribution in [0.15, 0.2) is 61.1 Å². The quantitative estimate of drug-likeness (QED) is 0.654. The van der Waals surface area contributed by atoms with Crippen molar-refractivity contribution < 1.29 is 4.79 Å².